The first-order valence-electron chi connectivity index (χ1n) is 10.3. The van der Waals surface area contributed by atoms with Crippen LogP contribution in [-0.4, -0.2) is 4.98 Å². The number of aromatic nitrogens is 1. The van der Waals surface area contributed by atoms with Crippen molar-refractivity contribution in [1.82, 2.24) is 4.98 Å². The molecule has 1 aromatic heterocycles. The summed E-state index contributed by atoms with van der Waals surface area (Å²) in [6, 6.07) is 12.2. The molecular formula is C23H19N. The lowest BCUT2D eigenvalue weighted by Gasteiger charge is -2.11. The van der Waals surface area contributed by atoms with Crippen LogP contribution in [0, 0.1) is 13.8 Å². The van der Waals surface area contributed by atoms with Gasteiger partial charge in [-0.15, -0.1) is 0 Å². The summed E-state index contributed by atoms with van der Waals surface area (Å²) in [6.45, 7) is 4.08. The smallest absolute Gasteiger partial charge is 0.0780 e. The molecule has 0 amide bonds. The van der Waals surface area contributed by atoms with Crippen molar-refractivity contribution in [2.24, 2.45) is 0 Å². The van der Waals surface area contributed by atoms with Crippen LogP contribution in [0.2, 0.25) is 0 Å². The molecule has 0 N–H and O–H groups in total. The zero-order valence-corrected chi connectivity index (χ0v) is 13.6. The first-order valence-corrected chi connectivity index (χ1v) is 7.83. The average Bonchev–Trinajstić information content (AvgIpc) is 2.70. The summed E-state index contributed by atoms with van der Waals surface area (Å²) in [5.74, 6) is 0. The third-order valence-electron chi connectivity index (χ3n) is 4.07. The van der Waals surface area contributed by atoms with E-state index in [0.717, 1.165) is 33.2 Å². The van der Waals surface area contributed by atoms with Crippen LogP contribution in [0.4, 0.5) is 0 Å². The first-order chi connectivity index (χ1) is 13.8. The monoisotopic (exact) mass is 314 g/mol. The highest BCUT2D eigenvalue weighted by atomic mass is 14.7. The van der Waals surface area contributed by atoms with Crippen molar-refractivity contribution in [3.8, 4) is 22.4 Å². The second-order valence-corrected chi connectivity index (χ2v) is 5.94. The van der Waals surface area contributed by atoms with Crippen LogP contribution in [0.3, 0.4) is 0 Å². The van der Waals surface area contributed by atoms with Gasteiger partial charge in [0.15, 0.2) is 0 Å². The lowest BCUT2D eigenvalue weighted by Crippen LogP contribution is -1.90. The van der Waals surface area contributed by atoms with Crippen molar-refractivity contribution in [3.63, 3.8) is 0 Å². The molecule has 0 saturated carbocycles. The number of fused-ring (bicyclic) bond motifs is 1. The molecule has 1 heteroatoms. The van der Waals surface area contributed by atoms with E-state index in [2.05, 4.69) is 23.2 Å². The fraction of sp³-hybridized carbons (Fsp3) is 0.0870. The summed E-state index contributed by atoms with van der Waals surface area (Å²) in [6.07, 6.45) is 1.70. The van der Waals surface area contributed by atoms with Crippen LogP contribution in [0.15, 0.2) is 78.9 Å². The van der Waals surface area contributed by atoms with Gasteiger partial charge < -0.3 is 0 Å². The van der Waals surface area contributed by atoms with Crippen LogP contribution in [-0.2, 0) is 0 Å². The van der Waals surface area contributed by atoms with Crippen molar-refractivity contribution < 1.29 is 6.85 Å². The Balaban J connectivity index is 2.06. The number of aryl methyl sites for hydroxylation is 2. The Bertz CT molecular complexity index is 1230. The Labute approximate surface area is 149 Å². The summed E-state index contributed by atoms with van der Waals surface area (Å²) in [5, 5.41) is 1.68. The van der Waals surface area contributed by atoms with Gasteiger partial charge in [-0.05, 0) is 48.6 Å². The summed E-state index contributed by atoms with van der Waals surface area (Å²) in [7, 11) is 0. The SMILES string of the molecule is [2H]c1c([2H])c([2H])c(-c2cccc3c(-c4cc(C)cc(C)c4)nccc23)c([2H])c1[2H]. The standard InChI is InChI=1S/C23H19N/c1-16-13-17(2)15-19(14-16)23-22-10-6-9-20(21(22)11-12-24-23)18-7-4-3-5-8-18/h3-15H,1-2H3/i3D,4D,5D,7D,8D. The second kappa shape index (κ2) is 5.93. The van der Waals surface area contributed by atoms with E-state index in [1.807, 2.05) is 32.0 Å². The average molecular weight is 314 g/mol. The molecule has 0 aliphatic carbocycles. The Morgan fingerprint density at radius 2 is 1.54 bits per heavy atom. The predicted molar refractivity (Wildman–Crippen MR) is 102 cm³/mol. The van der Waals surface area contributed by atoms with Crippen LogP contribution < -0.4 is 0 Å². The number of nitrogens with zero attached hydrogens (tertiary/aromatic N) is 1. The van der Waals surface area contributed by atoms with Gasteiger partial charge in [0.25, 0.3) is 0 Å². The zero-order chi connectivity index (χ0) is 20.9. The van der Waals surface area contributed by atoms with E-state index in [9.17, 15) is 0 Å². The lowest BCUT2D eigenvalue weighted by atomic mass is 9.95. The van der Waals surface area contributed by atoms with E-state index < -0.39 is 0 Å². The molecule has 0 fully saturated rings. The Morgan fingerprint density at radius 1 is 0.792 bits per heavy atom. The van der Waals surface area contributed by atoms with E-state index >= 15 is 0 Å². The van der Waals surface area contributed by atoms with Crippen molar-refractivity contribution in [2.75, 3.05) is 0 Å². The molecule has 0 atom stereocenters. The Morgan fingerprint density at radius 3 is 2.29 bits per heavy atom. The van der Waals surface area contributed by atoms with Crippen molar-refractivity contribution in [2.45, 2.75) is 13.8 Å². The van der Waals surface area contributed by atoms with Gasteiger partial charge in [-0.2, -0.15) is 0 Å². The Kier molecular flexibility index (Phi) is 2.48. The lowest BCUT2D eigenvalue weighted by molar-refractivity contribution is 1.32. The summed E-state index contributed by atoms with van der Waals surface area (Å²) >= 11 is 0. The molecule has 0 spiro atoms. The molecular weight excluding hydrogens is 290 g/mol. The number of rotatable bonds is 2. The number of pyridine rings is 1. The predicted octanol–water partition coefficient (Wildman–Crippen LogP) is 6.19. The minimum Gasteiger partial charge on any atom is -0.256 e. The quantitative estimate of drug-likeness (QED) is 0.430. The highest BCUT2D eigenvalue weighted by Crippen LogP contribution is 2.33. The van der Waals surface area contributed by atoms with Crippen LogP contribution in [0.5, 0.6) is 0 Å². The molecule has 0 saturated heterocycles. The molecule has 0 aliphatic heterocycles. The van der Waals surface area contributed by atoms with Crippen LogP contribution in [0.1, 0.15) is 18.0 Å². The van der Waals surface area contributed by atoms with Gasteiger partial charge in [-0.25, -0.2) is 0 Å². The number of benzene rings is 3. The molecule has 116 valence electrons. The first kappa shape index (κ1) is 10.0. The topological polar surface area (TPSA) is 12.9 Å². The molecule has 0 bridgehead atoms. The van der Waals surface area contributed by atoms with Gasteiger partial charge in [0.2, 0.25) is 0 Å². The highest BCUT2D eigenvalue weighted by molar-refractivity contribution is 6.03. The number of hydrogen-bond donors (Lipinski definition) is 0. The fourth-order valence-corrected chi connectivity index (χ4v) is 3.15. The molecule has 1 nitrogen and oxygen atoms in total. The van der Waals surface area contributed by atoms with Crippen molar-refractivity contribution in [1.29, 1.82) is 0 Å². The maximum atomic E-state index is 8.33. The molecule has 1 heterocycles. The normalized spacial score (nSPS) is 13.8. The summed E-state index contributed by atoms with van der Waals surface area (Å²) in [5.41, 5.74) is 4.89. The molecule has 0 radical (unpaired) electrons. The van der Waals surface area contributed by atoms with Gasteiger partial charge in [0.05, 0.1) is 12.5 Å². The van der Waals surface area contributed by atoms with Crippen molar-refractivity contribution in [3.05, 3.63) is 90.0 Å². The zero-order valence-electron chi connectivity index (χ0n) is 18.6. The second-order valence-electron chi connectivity index (χ2n) is 5.94. The van der Waals surface area contributed by atoms with Crippen LogP contribution in [0.25, 0.3) is 33.2 Å². The van der Waals surface area contributed by atoms with Gasteiger partial charge in [-0.3, -0.25) is 4.98 Å². The summed E-state index contributed by atoms with van der Waals surface area (Å²) in [4.78, 5) is 4.59. The maximum absolute atomic E-state index is 8.33. The van der Waals surface area contributed by atoms with Gasteiger partial charge in [0.1, 0.15) is 0 Å². The van der Waals surface area contributed by atoms with E-state index in [0.29, 0.717) is 5.56 Å². The van der Waals surface area contributed by atoms with Gasteiger partial charge in [0, 0.05) is 17.1 Å². The van der Waals surface area contributed by atoms with Gasteiger partial charge >= 0.3 is 0 Å². The van der Waals surface area contributed by atoms with Gasteiger partial charge in [-0.1, -0.05) is 65.6 Å². The minimum absolute atomic E-state index is 0.201. The highest BCUT2D eigenvalue weighted by Gasteiger charge is 2.10. The molecule has 4 rings (SSSR count). The molecule has 0 unspecified atom stereocenters. The largest absolute Gasteiger partial charge is 0.256 e. The van der Waals surface area contributed by atoms with E-state index in [1.54, 1.807) is 12.3 Å². The molecule has 0 aliphatic rings. The molecule has 3 aromatic carbocycles. The number of hydrogen-bond acceptors (Lipinski definition) is 1. The van der Waals surface area contributed by atoms with E-state index in [-0.39, 0.29) is 35.8 Å². The minimum atomic E-state index is -0.387. The molecule has 24 heavy (non-hydrogen) atoms. The Hall–Kier alpha value is -2.93. The third-order valence-corrected chi connectivity index (χ3v) is 4.07. The fourth-order valence-electron chi connectivity index (χ4n) is 3.15. The maximum Gasteiger partial charge on any atom is 0.0780 e. The summed E-state index contributed by atoms with van der Waals surface area (Å²) < 4.78 is 40.5. The van der Waals surface area contributed by atoms with E-state index in [4.69, 9.17) is 6.85 Å². The molecule has 4 aromatic rings. The van der Waals surface area contributed by atoms with Crippen LogP contribution >= 0.6 is 0 Å². The van der Waals surface area contributed by atoms with E-state index in [1.165, 1.54) is 0 Å². The third kappa shape index (κ3) is 2.59. The van der Waals surface area contributed by atoms with Crippen molar-refractivity contribution >= 4 is 10.8 Å².